The zero-order chi connectivity index (χ0) is 9.28. The molecule has 0 aliphatic heterocycles. The van der Waals surface area contributed by atoms with Crippen molar-refractivity contribution in [2.75, 3.05) is 6.61 Å². The molecular weight excluding hydrogens is 144 g/mol. The molecular formula is C8H20O3. The van der Waals surface area contributed by atoms with Crippen molar-refractivity contribution >= 4 is 0 Å². The quantitative estimate of drug-likeness (QED) is 0.570. The van der Waals surface area contributed by atoms with Crippen LogP contribution in [0.3, 0.4) is 0 Å². The normalized spacial score (nSPS) is 12.3. The molecule has 1 atom stereocenters. The van der Waals surface area contributed by atoms with Crippen LogP contribution in [0.25, 0.3) is 0 Å². The largest absolute Gasteiger partial charge is 0.394 e. The third kappa shape index (κ3) is 25.8. The Morgan fingerprint density at radius 3 is 1.64 bits per heavy atom. The lowest BCUT2D eigenvalue weighted by Crippen LogP contribution is -2.10. The lowest BCUT2D eigenvalue weighted by Gasteiger charge is -2.01. The van der Waals surface area contributed by atoms with Crippen LogP contribution in [0.15, 0.2) is 0 Å². The van der Waals surface area contributed by atoms with Gasteiger partial charge in [0.2, 0.25) is 0 Å². The van der Waals surface area contributed by atoms with E-state index in [-0.39, 0.29) is 12.7 Å². The first kappa shape index (κ1) is 13.5. The maximum Gasteiger partial charge on any atom is 0.0770 e. The predicted octanol–water partition coefficient (Wildman–Crippen LogP) is 0.527. The van der Waals surface area contributed by atoms with Crippen molar-refractivity contribution in [3.63, 3.8) is 0 Å². The van der Waals surface area contributed by atoms with E-state index in [2.05, 4.69) is 0 Å². The molecule has 0 aromatic rings. The minimum Gasteiger partial charge on any atom is -0.394 e. The summed E-state index contributed by atoms with van der Waals surface area (Å²) >= 11 is 0. The van der Waals surface area contributed by atoms with E-state index in [4.69, 9.17) is 15.3 Å². The van der Waals surface area contributed by atoms with E-state index in [1.54, 1.807) is 13.8 Å². The van der Waals surface area contributed by atoms with Crippen molar-refractivity contribution in [3.05, 3.63) is 0 Å². The monoisotopic (exact) mass is 164 g/mol. The minimum absolute atomic E-state index is 0.103. The molecule has 0 aromatic carbocycles. The summed E-state index contributed by atoms with van der Waals surface area (Å²) in [6.45, 7) is 5.31. The van der Waals surface area contributed by atoms with E-state index < -0.39 is 6.10 Å². The van der Waals surface area contributed by atoms with Gasteiger partial charge in [-0.15, -0.1) is 0 Å². The Bertz CT molecular complexity index is 61.6. The standard InChI is InChI=1S/C5H12O2.C3H8O/c1-2-3-5(7)4-6;1-3(2)4/h5-7H,2-4H2,1H3;3-4H,1-2H3. The molecule has 0 bridgehead atoms. The molecule has 0 saturated heterocycles. The van der Waals surface area contributed by atoms with Crippen molar-refractivity contribution in [2.45, 2.75) is 45.8 Å². The van der Waals surface area contributed by atoms with Gasteiger partial charge in [-0.1, -0.05) is 13.3 Å². The fourth-order valence-electron chi connectivity index (χ4n) is 0.425. The van der Waals surface area contributed by atoms with Gasteiger partial charge in [-0.05, 0) is 20.3 Å². The summed E-state index contributed by atoms with van der Waals surface area (Å²) in [7, 11) is 0. The summed E-state index contributed by atoms with van der Waals surface area (Å²) in [5.74, 6) is 0. The fraction of sp³-hybridized carbons (Fsp3) is 1.00. The van der Waals surface area contributed by atoms with Crippen molar-refractivity contribution in [1.82, 2.24) is 0 Å². The molecule has 0 aliphatic rings. The molecule has 3 nitrogen and oxygen atoms in total. The summed E-state index contributed by atoms with van der Waals surface area (Å²) in [5.41, 5.74) is 0. The molecule has 1 unspecified atom stereocenters. The van der Waals surface area contributed by atoms with E-state index in [0.717, 1.165) is 6.42 Å². The lowest BCUT2D eigenvalue weighted by molar-refractivity contribution is 0.0877. The van der Waals surface area contributed by atoms with Gasteiger partial charge < -0.3 is 15.3 Å². The van der Waals surface area contributed by atoms with Crippen LogP contribution in [0.1, 0.15) is 33.6 Å². The summed E-state index contributed by atoms with van der Waals surface area (Å²) in [6.07, 6.45) is 0.975. The van der Waals surface area contributed by atoms with Crippen LogP contribution in [0.5, 0.6) is 0 Å². The van der Waals surface area contributed by atoms with Crippen molar-refractivity contribution in [1.29, 1.82) is 0 Å². The molecule has 0 saturated carbocycles. The Morgan fingerprint density at radius 2 is 1.55 bits per heavy atom. The molecule has 0 aromatic heterocycles. The van der Waals surface area contributed by atoms with E-state index in [0.29, 0.717) is 6.42 Å². The second-order valence-electron chi connectivity index (χ2n) is 2.72. The van der Waals surface area contributed by atoms with Crippen LogP contribution in [0.2, 0.25) is 0 Å². The van der Waals surface area contributed by atoms with Crippen LogP contribution in [0.4, 0.5) is 0 Å². The molecule has 70 valence electrons. The van der Waals surface area contributed by atoms with Gasteiger partial charge in [0, 0.05) is 6.10 Å². The highest BCUT2D eigenvalue weighted by molar-refractivity contribution is 4.48. The SMILES string of the molecule is CC(C)O.CCCC(O)CO. The van der Waals surface area contributed by atoms with Gasteiger partial charge in [-0.2, -0.15) is 0 Å². The van der Waals surface area contributed by atoms with Crippen LogP contribution >= 0.6 is 0 Å². The van der Waals surface area contributed by atoms with Crippen molar-refractivity contribution in [2.24, 2.45) is 0 Å². The van der Waals surface area contributed by atoms with Crippen LogP contribution < -0.4 is 0 Å². The van der Waals surface area contributed by atoms with Gasteiger partial charge in [0.25, 0.3) is 0 Å². The van der Waals surface area contributed by atoms with E-state index in [1.165, 1.54) is 0 Å². The summed E-state index contributed by atoms with van der Waals surface area (Å²) < 4.78 is 0. The number of aliphatic hydroxyl groups excluding tert-OH is 3. The van der Waals surface area contributed by atoms with E-state index in [9.17, 15) is 0 Å². The molecule has 0 amide bonds. The third-order valence-corrected chi connectivity index (χ3v) is 0.833. The van der Waals surface area contributed by atoms with Gasteiger partial charge in [-0.25, -0.2) is 0 Å². The Morgan fingerprint density at radius 1 is 1.18 bits per heavy atom. The number of hydrogen-bond acceptors (Lipinski definition) is 3. The van der Waals surface area contributed by atoms with E-state index in [1.807, 2.05) is 6.92 Å². The van der Waals surface area contributed by atoms with Gasteiger partial charge in [-0.3, -0.25) is 0 Å². The average molecular weight is 164 g/mol. The van der Waals surface area contributed by atoms with Gasteiger partial charge >= 0.3 is 0 Å². The van der Waals surface area contributed by atoms with E-state index >= 15 is 0 Å². The van der Waals surface area contributed by atoms with Gasteiger partial charge in [0.05, 0.1) is 12.7 Å². The Balaban J connectivity index is 0. The van der Waals surface area contributed by atoms with Crippen LogP contribution in [0, 0.1) is 0 Å². The zero-order valence-corrected chi connectivity index (χ0v) is 7.62. The van der Waals surface area contributed by atoms with Gasteiger partial charge in [0.1, 0.15) is 0 Å². The Labute approximate surface area is 68.7 Å². The van der Waals surface area contributed by atoms with Crippen LogP contribution in [-0.2, 0) is 0 Å². The molecule has 3 N–H and O–H groups in total. The maximum atomic E-state index is 8.61. The zero-order valence-electron chi connectivity index (χ0n) is 7.62. The smallest absolute Gasteiger partial charge is 0.0770 e. The third-order valence-electron chi connectivity index (χ3n) is 0.833. The second-order valence-corrected chi connectivity index (χ2v) is 2.72. The van der Waals surface area contributed by atoms with Crippen molar-refractivity contribution in [3.8, 4) is 0 Å². The number of hydrogen-bond donors (Lipinski definition) is 3. The molecule has 0 radical (unpaired) electrons. The molecule has 3 heteroatoms. The first-order valence-corrected chi connectivity index (χ1v) is 4.01. The molecule has 11 heavy (non-hydrogen) atoms. The average Bonchev–Trinajstić information content (AvgIpc) is 1.87. The van der Waals surface area contributed by atoms with Gasteiger partial charge in [0.15, 0.2) is 0 Å². The molecule has 0 aliphatic carbocycles. The Kier molecular flexibility index (Phi) is 12.1. The fourth-order valence-corrected chi connectivity index (χ4v) is 0.425. The summed E-state index contributed by atoms with van der Waals surface area (Å²) in [6, 6.07) is 0. The minimum atomic E-state index is -0.495. The second kappa shape index (κ2) is 9.88. The van der Waals surface area contributed by atoms with Crippen LogP contribution in [-0.4, -0.2) is 34.1 Å². The topological polar surface area (TPSA) is 60.7 Å². The maximum absolute atomic E-state index is 8.61. The Hall–Kier alpha value is -0.120. The molecule has 0 spiro atoms. The van der Waals surface area contributed by atoms with Crippen molar-refractivity contribution < 1.29 is 15.3 Å². The summed E-state index contributed by atoms with van der Waals surface area (Å²) in [5, 5.41) is 24.9. The lowest BCUT2D eigenvalue weighted by atomic mass is 10.2. The predicted molar refractivity (Wildman–Crippen MR) is 45.4 cm³/mol. The number of rotatable bonds is 3. The molecule has 0 fully saturated rings. The first-order chi connectivity index (χ1) is 5.04. The summed E-state index contributed by atoms with van der Waals surface area (Å²) in [4.78, 5) is 0. The highest BCUT2D eigenvalue weighted by Crippen LogP contribution is 1.92. The highest BCUT2D eigenvalue weighted by atomic mass is 16.3. The molecule has 0 rings (SSSR count). The first-order valence-electron chi connectivity index (χ1n) is 4.01. The number of aliphatic hydroxyl groups is 3. The molecule has 0 heterocycles. The highest BCUT2D eigenvalue weighted by Gasteiger charge is 1.95.